The average molecular weight is 464 g/mol. The fourth-order valence-electron chi connectivity index (χ4n) is 5.18. The van der Waals surface area contributed by atoms with Crippen LogP contribution in [0, 0.1) is 12.7 Å². The van der Waals surface area contributed by atoms with Crippen LogP contribution in [0.5, 0.6) is 0 Å². The molecule has 0 saturated carbocycles. The van der Waals surface area contributed by atoms with Gasteiger partial charge in [-0.25, -0.2) is 9.18 Å². The third-order valence-electron chi connectivity index (χ3n) is 6.90. The molecule has 2 heterocycles. The number of likely N-dealkylation sites (tertiary alicyclic amines) is 1. The van der Waals surface area contributed by atoms with E-state index in [9.17, 15) is 9.18 Å². The van der Waals surface area contributed by atoms with Crippen molar-refractivity contribution in [3.8, 4) is 0 Å². The molecule has 1 spiro atoms. The molecular weight excluding hydrogens is 437 g/mol. The predicted octanol–water partition coefficient (Wildman–Crippen LogP) is 6.37. The summed E-state index contributed by atoms with van der Waals surface area (Å²) in [7, 11) is 0. The lowest BCUT2D eigenvalue weighted by Crippen LogP contribution is -2.46. The number of halogens is 2. The molecule has 0 bridgehead atoms. The fraction of sp³-hybridized carbons (Fsp3) is 0.296. The molecule has 5 rings (SSSR count). The summed E-state index contributed by atoms with van der Waals surface area (Å²) in [6.45, 7) is 5.32. The highest BCUT2D eigenvalue weighted by Crippen LogP contribution is 2.47. The van der Waals surface area contributed by atoms with E-state index in [0.29, 0.717) is 17.3 Å². The lowest BCUT2D eigenvalue weighted by atomic mass is 9.74. The first-order valence-corrected chi connectivity index (χ1v) is 11.7. The van der Waals surface area contributed by atoms with Gasteiger partial charge in [-0.15, -0.1) is 0 Å². The van der Waals surface area contributed by atoms with Crippen molar-refractivity contribution >= 4 is 29.0 Å². The summed E-state index contributed by atoms with van der Waals surface area (Å²) in [5.74, 6) is -0.192. The maximum absolute atomic E-state index is 13.6. The van der Waals surface area contributed by atoms with Crippen LogP contribution >= 0.6 is 11.6 Å². The van der Waals surface area contributed by atoms with Gasteiger partial charge in [0.1, 0.15) is 5.82 Å². The topological polar surface area (TPSA) is 35.6 Å². The zero-order valence-electron chi connectivity index (χ0n) is 18.7. The highest BCUT2D eigenvalue weighted by Gasteiger charge is 2.46. The maximum atomic E-state index is 13.6. The van der Waals surface area contributed by atoms with Gasteiger partial charge in [-0.05, 0) is 80.4 Å². The van der Waals surface area contributed by atoms with Gasteiger partial charge in [0, 0.05) is 34.9 Å². The summed E-state index contributed by atoms with van der Waals surface area (Å²) in [5.41, 5.74) is 5.06. The van der Waals surface area contributed by atoms with E-state index in [1.54, 1.807) is 24.3 Å². The van der Waals surface area contributed by atoms with Crippen molar-refractivity contribution in [2.45, 2.75) is 31.7 Å². The van der Waals surface area contributed by atoms with Gasteiger partial charge in [-0.1, -0.05) is 47.5 Å². The SMILES string of the molecule is Cc1ccc2c(c1)C1(CCN(Cc3cccc(F)c3)CC1)CN2C(=O)Nc1cccc(Cl)c1. The summed E-state index contributed by atoms with van der Waals surface area (Å²) in [4.78, 5) is 17.5. The van der Waals surface area contributed by atoms with Crippen LogP contribution in [0.15, 0.2) is 66.7 Å². The highest BCUT2D eigenvalue weighted by molar-refractivity contribution is 6.30. The Bertz CT molecular complexity index is 1190. The molecule has 3 aromatic carbocycles. The van der Waals surface area contributed by atoms with Gasteiger partial charge in [-0.2, -0.15) is 0 Å². The summed E-state index contributed by atoms with van der Waals surface area (Å²) in [6, 6.07) is 20.3. The van der Waals surface area contributed by atoms with Crippen LogP contribution in [0.3, 0.4) is 0 Å². The number of fused-ring (bicyclic) bond motifs is 2. The normalized spacial score (nSPS) is 17.2. The Hall–Kier alpha value is -2.89. The van der Waals surface area contributed by atoms with E-state index >= 15 is 0 Å². The first-order chi connectivity index (χ1) is 15.9. The number of carbonyl (C=O) groups is 1. The Morgan fingerprint density at radius 3 is 2.61 bits per heavy atom. The minimum Gasteiger partial charge on any atom is -0.307 e. The van der Waals surface area contributed by atoms with Crippen molar-refractivity contribution in [3.05, 3.63) is 94.3 Å². The number of benzene rings is 3. The number of urea groups is 1. The van der Waals surface area contributed by atoms with E-state index in [2.05, 4.69) is 35.3 Å². The van der Waals surface area contributed by atoms with Crippen LogP contribution in [-0.2, 0) is 12.0 Å². The smallest absolute Gasteiger partial charge is 0.307 e. The van der Waals surface area contributed by atoms with Crippen LogP contribution in [0.2, 0.25) is 5.02 Å². The second kappa shape index (κ2) is 8.81. The number of hydrogen-bond donors (Lipinski definition) is 1. The molecule has 1 fully saturated rings. The number of aryl methyl sites for hydroxylation is 1. The van der Waals surface area contributed by atoms with E-state index in [1.807, 2.05) is 23.1 Å². The van der Waals surface area contributed by atoms with E-state index in [4.69, 9.17) is 11.6 Å². The minimum atomic E-state index is -0.192. The Labute approximate surface area is 199 Å². The molecule has 0 unspecified atom stereocenters. The molecule has 0 atom stereocenters. The largest absolute Gasteiger partial charge is 0.326 e. The summed E-state index contributed by atoms with van der Waals surface area (Å²) < 4.78 is 13.6. The van der Waals surface area contributed by atoms with Gasteiger partial charge in [0.2, 0.25) is 0 Å². The number of anilines is 2. The molecule has 6 heteroatoms. The zero-order valence-corrected chi connectivity index (χ0v) is 19.4. The molecule has 1 N–H and O–H groups in total. The Morgan fingerprint density at radius 1 is 1.06 bits per heavy atom. The molecule has 170 valence electrons. The molecule has 2 aliphatic rings. The van der Waals surface area contributed by atoms with E-state index in [1.165, 1.54) is 17.2 Å². The van der Waals surface area contributed by atoms with Gasteiger partial charge in [-0.3, -0.25) is 9.80 Å². The number of amides is 2. The van der Waals surface area contributed by atoms with Crippen LogP contribution in [0.1, 0.15) is 29.5 Å². The van der Waals surface area contributed by atoms with Crippen molar-refractivity contribution in [1.82, 2.24) is 4.90 Å². The number of carbonyl (C=O) groups excluding carboxylic acids is 1. The van der Waals surface area contributed by atoms with Crippen LogP contribution in [0.25, 0.3) is 0 Å². The lowest BCUT2D eigenvalue weighted by Gasteiger charge is -2.40. The second-order valence-electron chi connectivity index (χ2n) is 9.23. The molecular formula is C27H27ClFN3O. The number of piperidine rings is 1. The van der Waals surface area contributed by atoms with Crippen molar-refractivity contribution in [3.63, 3.8) is 0 Å². The molecule has 3 aromatic rings. The van der Waals surface area contributed by atoms with Gasteiger partial charge in [0.15, 0.2) is 0 Å². The highest BCUT2D eigenvalue weighted by atomic mass is 35.5. The predicted molar refractivity (Wildman–Crippen MR) is 132 cm³/mol. The molecule has 2 amide bonds. The molecule has 0 radical (unpaired) electrons. The lowest BCUT2D eigenvalue weighted by molar-refractivity contribution is 0.160. The Balaban J connectivity index is 1.35. The van der Waals surface area contributed by atoms with Gasteiger partial charge in [0.25, 0.3) is 0 Å². The first kappa shape index (κ1) is 21.9. The van der Waals surface area contributed by atoms with Gasteiger partial charge >= 0.3 is 6.03 Å². The fourth-order valence-corrected chi connectivity index (χ4v) is 5.37. The van der Waals surface area contributed by atoms with Gasteiger partial charge < -0.3 is 5.32 Å². The molecule has 1 saturated heterocycles. The summed E-state index contributed by atoms with van der Waals surface area (Å²) in [6.07, 6.45) is 1.92. The van der Waals surface area contributed by atoms with Crippen LogP contribution in [0.4, 0.5) is 20.6 Å². The van der Waals surface area contributed by atoms with Crippen molar-refractivity contribution in [2.75, 3.05) is 29.9 Å². The van der Waals surface area contributed by atoms with E-state index < -0.39 is 0 Å². The minimum absolute atomic E-state index is 0.0640. The van der Waals surface area contributed by atoms with E-state index in [-0.39, 0.29) is 17.3 Å². The number of nitrogens with one attached hydrogen (secondary N) is 1. The Kier molecular flexibility index (Phi) is 5.85. The first-order valence-electron chi connectivity index (χ1n) is 11.3. The van der Waals surface area contributed by atoms with Gasteiger partial charge in [0.05, 0.1) is 0 Å². The van der Waals surface area contributed by atoms with Crippen molar-refractivity contribution in [1.29, 1.82) is 0 Å². The molecule has 0 aliphatic carbocycles. The van der Waals surface area contributed by atoms with Crippen molar-refractivity contribution < 1.29 is 9.18 Å². The molecule has 4 nitrogen and oxygen atoms in total. The second-order valence-corrected chi connectivity index (χ2v) is 9.67. The standard InChI is InChI=1S/C27H27ClFN3O/c1-19-8-9-25-24(14-19)27(18-32(25)26(33)30-23-7-3-5-21(28)16-23)10-12-31(13-11-27)17-20-4-2-6-22(29)15-20/h2-9,14-16H,10-13,17-18H2,1H3,(H,30,33). The zero-order chi connectivity index (χ0) is 23.0. The summed E-state index contributed by atoms with van der Waals surface area (Å²) >= 11 is 6.09. The Morgan fingerprint density at radius 2 is 1.85 bits per heavy atom. The maximum Gasteiger partial charge on any atom is 0.326 e. The van der Waals surface area contributed by atoms with Crippen LogP contribution in [-0.4, -0.2) is 30.6 Å². The van der Waals surface area contributed by atoms with Crippen molar-refractivity contribution in [2.24, 2.45) is 0 Å². The molecule has 2 aliphatic heterocycles. The van der Waals surface area contributed by atoms with Crippen LogP contribution < -0.4 is 10.2 Å². The molecule has 33 heavy (non-hydrogen) atoms. The number of rotatable bonds is 3. The third kappa shape index (κ3) is 4.48. The van der Waals surface area contributed by atoms with E-state index in [0.717, 1.165) is 43.7 Å². The number of hydrogen-bond acceptors (Lipinski definition) is 2. The molecule has 0 aromatic heterocycles. The number of nitrogens with zero attached hydrogens (tertiary/aromatic N) is 2. The average Bonchev–Trinajstić information content (AvgIpc) is 3.09. The quantitative estimate of drug-likeness (QED) is 0.489. The monoisotopic (exact) mass is 463 g/mol. The third-order valence-corrected chi connectivity index (χ3v) is 7.14. The summed E-state index contributed by atoms with van der Waals surface area (Å²) in [5, 5.41) is 3.60.